The summed E-state index contributed by atoms with van der Waals surface area (Å²) in [7, 11) is 0. The highest BCUT2D eigenvalue weighted by Gasteiger charge is 2.29. The second-order valence-corrected chi connectivity index (χ2v) is 6.82. The molecule has 0 saturated carbocycles. The van der Waals surface area contributed by atoms with Gasteiger partial charge in [-0.25, -0.2) is 9.59 Å². The molecular weight excluding hydrogens is 370 g/mol. The largest absolute Gasteiger partial charge is 0.480 e. The van der Waals surface area contributed by atoms with E-state index in [-0.39, 0.29) is 18.9 Å². The van der Waals surface area contributed by atoms with Crippen LogP contribution < -0.4 is 5.32 Å². The average molecular weight is 389 g/mol. The fourth-order valence-corrected chi connectivity index (χ4v) is 3.66. The molecule has 0 aliphatic heterocycles. The Morgan fingerprint density at radius 3 is 2.24 bits per heavy atom. The molecule has 1 aromatic heterocycles. The normalized spacial score (nSPS) is 13.2. The lowest BCUT2D eigenvalue weighted by Crippen LogP contribution is -2.42. The highest BCUT2D eigenvalue weighted by Crippen LogP contribution is 2.44. The molecule has 2 aromatic carbocycles. The summed E-state index contributed by atoms with van der Waals surface area (Å²) in [6, 6.07) is 16.6. The van der Waals surface area contributed by atoms with Crippen molar-refractivity contribution < 1.29 is 19.4 Å². The summed E-state index contributed by atoms with van der Waals surface area (Å²) in [5.41, 5.74) is 5.11. The molecule has 7 nitrogen and oxygen atoms in total. The highest BCUT2D eigenvalue weighted by atomic mass is 16.5. The van der Waals surface area contributed by atoms with E-state index in [2.05, 4.69) is 27.6 Å². The van der Waals surface area contributed by atoms with Gasteiger partial charge in [-0.15, -0.1) is 0 Å². The fourth-order valence-electron chi connectivity index (χ4n) is 3.66. The molecule has 1 unspecified atom stereocenters. The topological polar surface area (TPSA) is 101 Å². The molecule has 29 heavy (non-hydrogen) atoms. The van der Waals surface area contributed by atoms with E-state index in [0.717, 1.165) is 22.3 Å². The lowest BCUT2D eigenvalue weighted by atomic mass is 9.98. The van der Waals surface area contributed by atoms with Gasteiger partial charge in [0.25, 0.3) is 0 Å². The van der Waals surface area contributed by atoms with Gasteiger partial charge in [0.2, 0.25) is 0 Å². The van der Waals surface area contributed by atoms with Gasteiger partial charge in [-0.1, -0.05) is 48.5 Å². The number of fused-ring (bicyclic) bond motifs is 3. The molecule has 0 fully saturated rings. The minimum absolute atomic E-state index is 0.0826. The number of nitrogens with zero attached hydrogens (tertiary/aromatic N) is 2. The number of ether oxygens (including phenoxy) is 1. The lowest BCUT2D eigenvalue weighted by Gasteiger charge is -2.17. The number of alkyl carbamates (subject to hydrolysis) is 1. The Morgan fingerprint density at radius 1 is 1.00 bits per heavy atom. The van der Waals surface area contributed by atoms with Gasteiger partial charge in [0.15, 0.2) is 0 Å². The summed E-state index contributed by atoms with van der Waals surface area (Å²) in [6.07, 6.45) is 2.27. The molecular formula is C22H19N3O4. The summed E-state index contributed by atoms with van der Waals surface area (Å²) in [5.74, 6) is -1.23. The number of rotatable bonds is 6. The van der Waals surface area contributed by atoms with Crippen LogP contribution in [0.15, 0.2) is 67.0 Å². The van der Waals surface area contributed by atoms with Gasteiger partial charge < -0.3 is 15.2 Å². The molecule has 4 rings (SSSR count). The molecule has 1 atom stereocenters. The number of aliphatic carboxylic acids is 1. The Kier molecular flexibility index (Phi) is 5.20. The Bertz CT molecular complexity index is 993. The van der Waals surface area contributed by atoms with E-state index in [4.69, 9.17) is 4.74 Å². The molecule has 1 aliphatic carbocycles. The summed E-state index contributed by atoms with van der Waals surface area (Å²) in [6.45, 7) is 0.128. The van der Waals surface area contributed by atoms with Crippen molar-refractivity contribution in [2.75, 3.05) is 6.61 Å². The van der Waals surface area contributed by atoms with Gasteiger partial charge in [0.1, 0.15) is 12.6 Å². The van der Waals surface area contributed by atoms with Crippen molar-refractivity contribution in [2.24, 2.45) is 0 Å². The number of amides is 1. The van der Waals surface area contributed by atoms with E-state index in [1.165, 1.54) is 12.4 Å². The zero-order chi connectivity index (χ0) is 20.2. The monoisotopic (exact) mass is 389 g/mol. The number of hydrogen-bond acceptors (Lipinski definition) is 5. The number of benzene rings is 2. The van der Waals surface area contributed by atoms with Crippen LogP contribution in [0.25, 0.3) is 11.1 Å². The van der Waals surface area contributed by atoms with Crippen molar-refractivity contribution in [3.8, 4) is 11.1 Å². The van der Waals surface area contributed by atoms with Crippen molar-refractivity contribution in [3.63, 3.8) is 0 Å². The van der Waals surface area contributed by atoms with Gasteiger partial charge in [0.05, 0.1) is 6.20 Å². The van der Waals surface area contributed by atoms with E-state index >= 15 is 0 Å². The molecule has 1 heterocycles. The van der Waals surface area contributed by atoms with Gasteiger partial charge in [-0.3, -0.25) is 0 Å². The quantitative estimate of drug-likeness (QED) is 0.672. The SMILES string of the molecule is O=C(NC(Cc1ccnnc1)C(=O)O)OCC1c2ccccc2-c2ccccc21. The van der Waals surface area contributed by atoms with Crippen LogP contribution in [0.5, 0.6) is 0 Å². The Labute approximate surface area is 167 Å². The van der Waals surface area contributed by atoms with Crippen molar-refractivity contribution in [3.05, 3.63) is 83.7 Å². The summed E-state index contributed by atoms with van der Waals surface area (Å²) in [4.78, 5) is 23.8. The molecule has 146 valence electrons. The molecule has 0 saturated heterocycles. The van der Waals surface area contributed by atoms with Crippen molar-refractivity contribution in [2.45, 2.75) is 18.4 Å². The number of hydrogen-bond donors (Lipinski definition) is 2. The first kappa shape index (κ1) is 18.6. The highest BCUT2D eigenvalue weighted by molar-refractivity contribution is 5.81. The molecule has 1 aliphatic rings. The zero-order valence-corrected chi connectivity index (χ0v) is 15.5. The summed E-state index contributed by atoms with van der Waals surface area (Å²) >= 11 is 0. The maximum atomic E-state index is 12.3. The van der Waals surface area contributed by atoms with Gasteiger partial charge in [-0.2, -0.15) is 10.2 Å². The first-order valence-corrected chi connectivity index (χ1v) is 9.23. The predicted octanol–water partition coefficient (Wildman–Crippen LogP) is 3.01. The minimum atomic E-state index is -1.14. The van der Waals surface area contributed by atoms with Gasteiger partial charge in [-0.05, 0) is 33.9 Å². The van der Waals surface area contributed by atoms with Crippen molar-refractivity contribution >= 4 is 12.1 Å². The Balaban J connectivity index is 1.43. The smallest absolute Gasteiger partial charge is 0.407 e. The van der Waals surface area contributed by atoms with E-state index in [1.807, 2.05) is 36.4 Å². The van der Waals surface area contributed by atoms with E-state index in [9.17, 15) is 14.7 Å². The number of carboxylic acid groups (broad SMARTS) is 1. The van der Waals surface area contributed by atoms with Crippen LogP contribution in [0.2, 0.25) is 0 Å². The van der Waals surface area contributed by atoms with Crippen LogP contribution in [0.1, 0.15) is 22.6 Å². The van der Waals surface area contributed by atoms with Crippen molar-refractivity contribution in [1.29, 1.82) is 0 Å². The standard InChI is InChI=1S/C22H19N3O4/c26-21(27)20(11-14-9-10-23-24-12-14)25-22(28)29-13-19-17-7-3-1-5-15(17)16-6-2-4-8-18(16)19/h1-10,12,19-20H,11,13H2,(H,25,28)(H,26,27). The van der Waals surface area contributed by atoms with Crippen LogP contribution in [0, 0.1) is 0 Å². The number of nitrogens with one attached hydrogen (secondary N) is 1. The van der Waals surface area contributed by atoms with Crippen LogP contribution in [0.4, 0.5) is 4.79 Å². The van der Waals surface area contributed by atoms with Crippen molar-refractivity contribution in [1.82, 2.24) is 15.5 Å². The fraction of sp³-hybridized carbons (Fsp3) is 0.182. The third-order valence-electron chi connectivity index (χ3n) is 5.02. The molecule has 0 radical (unpaired) electrons. The number of carbonyl (C=O) groups is 2. The molecule has 7 heteroatoms. The molecule has 2 N–H and O–H groups in total. The van der Waals surface area contributed by atoms with E-state index < -0.39 is 18.1 Å². The minimum Gasteiger partial charge on any atom is -0.480 e. The summed E-state index contributed by atoms with van der Waals surface area (Å²) in [5, 5.41) is 19.2. The molecule has 3 aromatic rings. The van der Waals surface area contributed by atoms with Crippen LogP contribution in [0.3, 0.4) is 0 Å². The molecule has 0 bridgehead atoms. The van der Waals surface area contributed by atoms with E-state index in [1.54, 1.807) is 6.07 Å². The maximum Gasteiger partial charge on any atom is 0.407 e. The van der Waals surface area contributed by atoms with Gasteiger partial charge in [0, 0.05) is 18.5 Å². The number of aromatic nitrogens is 2. The predicted molar refractivity (Wildman–Crippen MR) is 105 cm³/mol. The number of carbonyl (C=O) groups excluding carboxylic acids is 1. The third kappa shape index (κ3) is 3.94. The van der Waals surface area contributed by atoms with E-state index in [0.29, 0.717) is 5.56 Å². The first-order valence-electron chi connectivity index (χ1n) is 9.23. The van der Waals surface area contributed by atoms with Crippen LogP contribution in [-0.2, 0) is 16.0 Å². The van der Waals surface area contributed by atoms with Crippen LogP contribution in [-0.4, -0.2) is 40.0 Å². The van der Waals surface area contributed by atoms with Crippen LogP contribution >= 0.6 is 0 Å². The zero-order valence-electron chi connectivity index (χ0n) is 15.5. The summed E-state index contributed by atoms with van der Waals surface area (Å²) < 4.78 is 5.42. The van der Waals surface area contributed by atoms with Gasteiger partial charge >= 0.3 is 12.1 Å². The average Bonchev–Trinajstić information content (AvgIpc) is 3.06. The molecule has 1 amide bonds. The third-order valence-corrected chi connectivity index (χ3v) is 5.02. The Morgan fingerprint density at radius 2 is 1.66 bits per heavy atom. The molecule has 0 spiro atoms. The second kappa shape index (κ2) is 8.10. The lowest BCUT2D eigenvalue weighted by molar-refractivity contribution is -0.139. The first-order chi connectivity index (χ1) is 14.1. The second-order valence-electron chi connectivity index (χ2n) is 6.82. The Hall–Kier alpha value is -3.74. The maximum absolute atomic E-state index is 12.3. The number of carboxylic acids is 1.